The Kier molecular flexibility index (Phi) is 2.65. The molecule has 2 aromatic heterocycles. The van der Waals surface area contributed by atoms with Crippen LogP contribution in [0.25, 0.3) is 5.65 Å². The third kappa shape index (κ3) is 2.10. The minimum absolute atomic E-state index is 0.755. The van der Waals surface area contributed by atoms with E-state index in [1.54, 1.807) is 0 Å². The molecule has 16 heavy (non-hydrogen) atoms. The fourth-order valence-corrected chi connectivity index (χ4v) is 2.10. The van der Waals surface area contributed by atoms with Crippen molar-refractivity contribution in [3.63, 3.8) is 0 Å². The van der Waals surface area contributed by atoms with Gasteiger partial charge in [-0.1, -0.05) is 0 Å². The Morgan fingerprint density at radius 1 is 1.38 bits per heavy atom. The second-order valence-corrected chi connectivity index (χ2v) is 5.09. The van der Waals surface area contributed by atoms with Crippen molar-refractivity contribution < 1.29 is 0 Å². The molecule has 2 heterocycles. The van der Waals surface area contributed by atoms with Crippen LogP contribution in [0.3, 0.4) is 0 Å². The molecule has 0 saturated heterocycles. The van der Waals surface area contributed by atoms with Crippen LogP contribution in [0.5, 0.6) is 0 Å². The van der Waals surface area contributed by atoms with Crippen LogP contribution < -0.4 is 5.32 Å². The first kappa shape index (κ1) is 10.2. The van der Waals surface area contributed by atoms with Gasteiger partial charge in [0.25, 0.3) is 0 Å². The van der Waals surface area contributed by atoms with Gasteiger partial charge in [0.1, 0.15) is 5.82 Å². The number of halogens is 1. The van der Waals surface area contributed by atoms with E-state index < -0.39 is 0 Å². The smallest absolute Gasteiger partial charge is 0.160 e. The normalized spacial score (nSPS) is 15.8. The average molecular weight is 281 g/mol. The molecule has 0 atom stereocenters. The maximum Gasteiger partial charge on any atom is 0.160 e. The summed E-state index contributed by atoms with van der Waals surface area (Å²) in [5.41, 5.74) is 0.907. The highest BCUT2D eigenvalue weighted by molar-refractivity contribution is 9.10. The van der Waals surface area contributed by atoms with Gasteiger partial charge in [-0.2, -0.15) is 0 Å². The number of nitrogens with zero attached hydrogens (tertiary/aromatic N) is 3. The van der Waals surface area contributed by atoms with Gasteiger partial charge >= 0.3 is 0 Å². The highest BCUT2D eigenvalue weighted by atomic mass is 79.9. The van der Waals surface area contributed by atoms with Gasteiger partial charge in [-0.3, -0.25) is 4.40 Å². The summed E-state index contributed by atoms with van der Waals surface area (Å²) < 4.78 is 3.09. The molecule has 1 N–H and O–H groups in total. The minimum Gasteiger partial charge on any atom is -0.314 e. The van der Waals surface area contributed by atoms with Gasteiger partial charge in [0.15, 0.2) is 5.65 Å². The molecule has 84 valence electrons. The third-order valence-corrected chi connectivity index (χ3v) is 3.26. The van der Waals surface area contributed by atoms with Crippen molar-refractivity contribution in [2.45, 2.75) is 25.3 Å². The van der Waals surface area contributed by atoms with Crippen LogP contribution in [0.4, 0.5) is 0 Å². The summed E-state index contributed by atoms with van der Waals surface area (Å²) >= 11 is 3.46. The van der Waals surface area contributed by atoms with Crippen molar-refractivity contribution in [2.75, 3.05) is 6.54 Å². The molecule has 1 fully saturated rings. The molecule has 0 aliphatic heterocycles. The Hall–Kier alpha value is -0.940. The number of hydrogen-bond acceptors (Lipinski definition) is 3. The molecular formula is C11H13BrN4. The van der Waals surface area contributed by atoms with Crippen LogP contribution in [-0.2, 0) is 6.42 Å². The maximum atomic E-state index is 4.21. The van der Waals surface area contributed by atoms with Gasteiger partial charge < -0.3 is 5.32 Å². The van der Waals surface area contributed by atoms with Crippen molar-refractivity contribution in [3.05, 3.63) is 28.6 Å². The second kappa shape index (κ2) is 4.14. The monoisotopic (exact) mass is 280 g/mol. The predicted octanol–water partition coefficient (Wildman–Crippen LogP) is 1.79. The summed E-state index contributed by atoms with van der Waals surface area (Å²) in [6.45, 7) is 0.984. The molecule has 1 aliphatic rings. The van der Waals surface area contributed by atoms with Crippen LogP contribution in [0.2, 0.25) is 0 Å². The van der Waals surface area contributed by atoms with Crippen molar-refractivity contribution >= 4 is 21.6 Å². The molecule has 0 radical (unpaired) electrons. The number of hydrogen-bond donors (Lipinski definition) is 1. The van der Waals surface area contributed by atoms with Gasteiger partial charge in [0.05, 0.1) is 0 Å². The summed E-state index contributed by atoms with van der Waals surface area (Å²) in [5, 5.41) is 11.8. The molecule has 0 unspecified atom stereocenters. The minimum atomic E-state index is 0.755. The summed E-state index contributed by atoms with van der Waals surface area (Å²) in [7, 11) is 0. The molecular weight excluding hydrogens is 268 g/mol. The summed E-state index contributed by atoms with van der Waals surface area (Å²) in [5.74, 6) is 1.02. The Balaban J connectivity index is 1.76. The highest BCUT2D eigenvalue weighted by Gasteiger charge is 2.19. The molecule has 0 bridgehead atoms. The van der Waals surface area contributed by atoms with Crippen LogP contribution in [0, 0.1) is 0 Å². The first-order chi connectivity index (χ1) is 7.83. The summed E-state index contributed by atoms with van der Waals surface area (Å²) in [6, 6.07) is 4.71. The molecule has 0 spiro atoms. The van der Waals surface area contributed by atoms with Gasteiger partial charge in [0.2, 0.25) is 0 Å². The zero-order valence-electron chi connectivity index (χ0n) is 8.86. The molecule has 1 saturated carbocycles. The van der Waals surface area contributed by atoms with Gasteiger partial charge in [-0.25, -0.2) is 0 Å². The van der Waals surface area contributed by atoms with Gasteiger partial charge in [-0.15, -0.1) is 10.2 Å². The quantitative estimate of drug-likeness (QED) is 0.929. The van der Waals surface area contributed by atoms with Gasteiger partial charge in [0, 0.05) is 29.7 Å². The highest BCUT2D eigenvalue weighted by Crippen LogP contribution is 2.18. The molecule has 2 aromatic rings. The summed E-state index contributed by atoms with van der Waals surface area (Å²) in [4.78, 5) is 0. The van der Waals surface area contributed by atoms with E-state index in [0.717, 1.165) is 35.0 Å². The number of nitrogens with one attached hydrogen (secondary N) is 1. The first-order valence-corrected chi connectivity index (χ1v) is 6.35. The lowest BCUT2D eigenvalue weighted by atomic mass is 10.4. The van der Waals surface area contributed by atoms with Crippen molar-refractivity contribution in [1.29, 1.82) is 0 Å². The van der Waals surface area contributed by atoms with Crippen LogP contribution in [-0.4, -0.2) is 27.2 Å². The molecule has 4 nitrogen and oxygen atoms in total. The Labute approximate surface area is 102 Å². The zero-order valence-corrected chi connectivity index (χ0v) is 10.4. The second-order valence-electron chi connectivity index (χ2n) is 4.17. The Bertz CT molecular complexity index is 504. The molecule has 3 rings (SSSR count). The fraction of sp³-hybridized carbons (Fsp3) is 0.455. The predicted molar refractivity (Wildman–Crippen MR) is 65.4 cm³/mol. The number of aromatic nitrogens is 3. The molecule has 1 aliphatic carbocycles. The lowest BCUT2D eigenvalue weighted by Crippen LogP contribution is -2.20. The van der Waals surface area contributed by atoms with Crippen LogP contribution >= 0.6 is 15.9 Å². The SMILES string of the molecule is Brc1ccc2nnc(CCNC3CC3)n2c1. The number of fused-ring (bicyclic) bond motifs is 1. The van der Waals surface area contributed by atoms with Crippen LogP contribution in [0.15, 0.2) is 22.8 Å². The fourth-order valence-electron chi connectivity index (χ4n) is 1.76. The molecule has 5 heteroatoms. The molecule has 0 aromatic carbocycles. The molecule has 0 amide bonds. The van der Waals surface area contributed by atoms with E-state index >= 15 is 0 Å². The van der Waals surface area contributed by atoms with E-state index in [-0.39, 0.29) is 0 Å². The first-order valence-electron chi connectivity index (χ1n) is 5.55. The van der Waals surface area contributed by atoms with E-state index in [4.69, 9.17) is 0 Å². The van der Waals surface area contributed by atoms with E-state index in [1.807, 2.05) is 22.7 Å². The van der Waals surface area contributed by atoms with Crippen molar-refractivity contribution in [2.24, 2.45) is 0 Å². The van der Waals surface area contributed by atoms with E-state index in [0.29, 0.717) is 0 Å². The number of pyridine rings is 1. The maximum absolute atomic E-state index is 4.21. The topological polar surface area (TPSA) is 42.2 Å². The van der Waals surface area contributed by atoms with Crippen LogP contribution in [0.1, 0.15) is 18.7 Å². The van der Waals surface area contributed by atoms with E-state index in [2.05, 4.69) is 31.4 Å². The lowest BCUT2D eigenvalue weighted by molar-refractivity contribution is 0.662. The van der Waals surface area contributed by atoms with Crippen molar-refractivity contribution in [3.8, 4) is 0 Å². The number of rotatable bonds is 4. The van der Waals surface area contributed by atoms with Crippen molar-refractivity contribution in [1.82, 2.24) is 19.9 Å². The Morgan fingerprint density at radius 2 is 2.25 bits per heavy atom. The largest absolute Gasteiger partial charge is 0.314 e. The van der Waals surface area contributed by atoms with E-state index in [9.17, 15) is 0 Å². The van der Waals surface area contributed by atoms with E-state index in [1.165, 1.54) is 12.8 Å². The van der Waals surface area contributed by atoms with Gasteiger partial charge in [-0.05, 0) is 40.9 Å². The zero-order chi connectivity index (χ0) is 11.0. The lowest BCUT2D eigenvalue weighted by Gasteiger charge is -2.01. The summed E-state index contributed by atoms with van der Waals surface area (Å²) in [6.07, 6.45) is 5.59. The average Bonchev–Trinajstić information content (AvgIpc) is 3.01. The third-order valence-electron chi connectivity index (χ3n) is 2.80. The Morgan fingerprint density at radius 3 is 3.06 bits per heavy atom. The standard InChI is InChI=1S/C11H13BrN4/c12-8-1-4-10-14-15-11(16(10)7-8)5-6-13-9-2-3-9/h1,4,7,9,13H,2-3,5-6H2.